The van der Waals surface area contributed by atoms with Gasteiger partial charge in [0.25, 0.3) is 0 Å². The van der Waals surface area contributed by atoms with Gasteiger partial charge in [0.1, 0.15) is 0 Å². The monoisotopic (exact) mass is 565 g/mol. The first-order valence-electron chi connectivity index (χ1n) is 15.3. The zero-order valence-corrected chi connectivity index (χ0v) is 24.9. The van der Waals surface area contributed by atoms with Crippen molar-refractivity contribution in [2.75, 3.05) is 39.8 Å². The van der Waals surface area contributed by atoms with Crippen LogP contribution in [0.25, 0.3) is 0 Å². The number of piperazine rings is 1. The van der Waals surface area contributed by atoms with Crippen LogP contribution >= 0.6 is 15.9 Å². The molecule has 0 aromatic carbocycles. The Bertz CT molecular complexity index is 822. The van der Waals surface area contributed by atoms with E-state index >= 15 is 0 Å². The van der Waals surface area contributed by atoms with Crippen molar-refractivity contribution in [2.45, 2.75) is 120 Å². The first kappa shape index (κ1) is 26.5. The Balaban J connectivity index is 1.25. The fraction of sp³-hybridized carbons (Fsp3) is 1.00. The number of halogens is 1. The number of piperidine rings is 1. The lowest BCUT2D eigenvalue weighted by Gasteiger charge is -2.67. The summed E-state index contributed by atoms with van der Waals surface area (Å²) in [5.74, 6) is 1.88. The van der Waals surface area contributed by atoms with Crippen molar-refractivity contribution in [3.8, 4) is 0 Å². The van der Waals surface area contributed by atoms with Crippen LogP contribution in [-0.4, -0.2) is 99.3 Å². The molecular weight excluding hydrogens is 514 g/mol. The molecule has 2 N–H and O–H groups in total. The number of fused-ring (bicyclic) bond motifs is 5. The number of hydrogen-bond acceptors (Lipinski definition) is 5. The van der Waals surface area contributed by atoms with E-state index in [1.165, 1.54) is 51.7 Å². The van der Waals surface area contributed by atoms with Gasteiger partial charge < -0.3 is 15.1 Å². The summed E-state index contributed by atoms with van der Waals surface area (Å²) in [5, 5.41) is 23.8. The highest BCUT2D eigenvalue weighted by Crippen LogP contribution is 2.68. The second-order valence-corrected chi connectivity index (χ2v) is 15.9. The molecule has 5 nitrogen and oxygen atoms in total. The molecule has 6 fully saturated rings. The number of alkyl halides is 1. The van der Waals surface area contributed by atoms with Gasteiger partial charge in [-0.15, -0.1) is 0 Å². The van der Waals surface area contributed by atoms with Gasteiger partial charge in [-0.25, -0.2) is 0 Å². The van der Waals surface area contributed by atoms with Crippen molar-refractivity contribution in [1.29, 1.82) is 0 Å². The standard InChI is InChI=1S/C30H52BrN3O2/c1-20-19-32(4)15-16-34(20)22-9-13-33(14-10-22)26-17-23-24-5-6-27(35)28(24,2)11-8-25(23)29(3)12-7-21(31)18-30(26,29)36/h20-27,35-36H,5-19H2,1-4H3/t20?,21?,23-,24-,25-,26+,27-,28-,29+,30-/m0/s1. The molecular formula is C30H52BrN3O2. The Morgan fingerprint density at radius 3 is 2.36 bits per heavy atom. The number of likely N-dealkylation sites (N-methyl/N-ethyl adjacent to an activating group) is 1. The highest BCUT2D eigenvalue weighted by Gasteiger charge is 2.68. The highest BCUT2D eigenvalue weighted by molar-refractivity contribution is 9.09. The lowest BCUT2D eigenvalue weighted by molar-refractivity contribution is -0.240. The van der Waals surface area contributed by atoms with E-state index in [9.17, 15) is 10.2 Å². The molecule has 0 spiro atoms. The quantitative estimate of drug-likeness (QED) is 0.487. The Hall–Kier alpha value is 0.280. The molecule has 0 aromatic heterocycles. The van der Waals surface area contributed by atoms with E-state index in [-0.39, 0.29) is 23.0 Å². The number of likely N-dealkylation sites (tertiary alicyclic amines) is 1. The van der Waals surface area contributed by atoms with Gasteiger partial charge in [-0.3, -0.25) is 9.80 Å². The molecule has 2 saturated heterocycles. The highest BCUT2D eigenvalue weighted by atomic mass is 79.9. The molecule has 6 aliphatic rings. The zero-order valence-electron chi connectivity index (χ0n) is 23.3. The fourth-order valence-electron chi connectivity index (χ4n) is 10.9. The number of aliphatic hydroxyl groups excluding tert-OH is 1. The van der Waals surface area contributed by atoms with Crippen LogP contribution in [0, 0.1) is 28.6 Å². The van der Waals surface area contributed by atoms with Gasteiger partial charge in [0, 0.05) is 61.1 Å². The number of aliphatic hydroxyl groups is 2. The summed E-state index contributed by atoms with van der Waals surface area (Å²) >= 11 is 3.96. The summed E-state index contributed by atoms with van der Waals surface area (Å²) in [6, 6.07) is 1.60. The van der Waals surface area contributed by atoms with E-state index in [2.05, 4.69) is 58.4 Å². The minimum Gasteiger partial charge on any atom is -0.393 e. The molecule has 0 amide bonds. The average molecular weight is 567 g/mol. The van der Waals surface area contributed by atoms with Crippen molar-refractivity contribution < 1.29 is 10.2 Å². The number of hydrogen-bond donors (Lipinski definition) is 2. The predicted octanol–water partition coefficient (Wildman–Crippen LogP) is 4.35. The Morgan fingerprint density at radius 2 is 1.64 bits per heavy atom. The number of rotatable bonds is 2. The van der Waals surface area contributed by atoms with Gasteiger partial charge in [0.2, 0.25) is 0 Å². The summed E-state index contributed by atoms with van der Waals surface area (Å²) in [6.45, 7) is 13.1. The second-order valence-electron chi connectivity index (χ2n) is 14.6. The molecule has 6 rings (SSSR count). The van der Waals surface area contributed by atoms with Crippen LogP contribution in [0.5, 0.6) is 0 Å². The van der Waals surface area contributed by atoms with E-state index in [1.54, 1.807) is 0 Å². The Morgan fingerprint density at radius 1 is 0.889 bits per heavy atom. The maximum atomic E-state index is 12.8. The van der Waals surface area contributed by atoms with Gasteiger partial charge >= 0.3 is 0 Å². The van der Waals surface area contributed by atoms with Gasteiger partial charge in [0.05, 0.1) is 11.7 Å². The third kappa shape index (κ3) is 3.93. The third-order valence-corrected chi connectivity index (χ3v) is 13.8. The fourth-order valence-corrected chi connectivity index (χ4v) is 11.6. The van der Waals surface area contributed by atoms with Crippen LogP contribution in [0.4, 0.5) is 0 Å². The van der Waals surface area contributed by atoms with Crippen molar-refractivity contribution in [1.82, 2.24) is 14.7 Å². The average Bonchev–Trinajstić information content (AvgIpc) is 3.14. The Kier molecular flexibility index (Phi) is 6.95. The lowest BCUT2D eigenvalue weighted by Crippen LogP contribution is -2.72. The van der Waals surface area contributed by atoms with E-state index in [4.69, 9.17) is 0 Å². The van der Waals surface area contributed by atoms with Gasteiger partial charge in [-0.1, -0.05) is 29.8 Å². The summed E-state index contributed by atoms with van der Waals surface area (Å²) in [6.07, 6.45) is 11.2. The first-order chi connectivity index (χ1) is 17.1. The molecule has 4 saturated carbocycles. The van der Waals surface area contributed by atoms with Gasteiger partial charge in [-0.2, -0.15) is 0 Å². The minimum atomic E-state index is -0.612. The molecule has 206 valence electrons. The molecule has 10 atom stereocenters. The van der Waals surface area contributed by atoms with Crippen LogP contribution in [-0.2, 0) is 0 Å². The van der Waals surface area contributed by atoms with Crippen LogP contribution in [0.15, 0.2) is 0 Å². The molecule has 0 aromatic rings. The smallest absolute Gasteiger partial charge is 0.0868 e. The third-order valence-electron chi connectivity index (χ3n) is 13.0. The molecule has 6 heteroatoms. The topological polar surface area (TPSA) is 50.2 Å². The SMILES string of the molecule is CC1CN(C)CCN1C1CCN([C@@H]2C[C@H]3[C@@H]4CC[C@H](O)[C@@]4(C)CC[C@@H]3[C@@]3(C)CCC(Br)C[C@]23O)CC1. The van der Waals surface area contributed by atoms with Crippen molar-refractivity contribution >= 4 is 15.9 Å². The molecule has 2 aliphatic heterocycles. The molecule has 36 heavy (non-hydrogen) atoms. The van der Waals surface area contributed by atoms with Crippen molar-refractivity contribution in [2.24, 2.45) is 28.6 Å². The Labute approximate surface area is 228 Å². The predicted molar refractivity (Wildman–Crippen MR) is 149 cm³/mol. The van der Waals surface area contributed by atoms with Crippen LogP contribution in [0.1, 0.15) is 85.0 Å². The summed E-state index contributed by atoms with van der Waals surface area (Å²) < 4.78 is 0. The zero-order chi connectivity index (χ0) is 25.5. The lowest BCUT2D eigenvalue weighted by atomic mass is 9.42. The second kappa shape index (κ2) is 9.44. The van der Waals surface area contributed by atoms with E-state index in [0.29, 0.717) is 34.7 Å². The van der Waals surface area contributed by atoms with E-state index in [1.807, 2.05) is 0 Å². The van der Waals surface area contributed by atoms with Crippen LogP contribution in [0.2, 0.25) is 0 Å². The summed E-state index contributed by atoms with van der Waals surface area (Å²) in [7, 11) is 2.26. The number of nitrogens with zero attached hydrogens (tertiary/aromatic N) is 3. The van der Waals surface area contributed by atoms with Gasteiger partial charge in [-0.05, 0) is 101 Å². The largest absolute Gasteiger partial charge is 0.393 e. The van der Waals surface area contributed by atoms with E-state index in [0.717, 1.165) is 45.2 Å². The first-order valence-corrected chi connectivity index (χ1v) is 16.2. The maximum absolute atomic E-state index is 12.8. The van der Waals surface area contributed by atoms with Crippen LogP contribution < -0.4 is 0 Å². The van der Waals surface area contributed by atoms with E-state index < -0.39 is 5.60 Å². The van der Waals surface area contributed by atoms with Gasteiger partial charge in [0.15, 0.2) is 0 Å². The molecule has 4 aliphatic carbocycles. The molecule has 0 radical (unpaired) electrons. The van der Waals surface area contributed by atoms with Crippen molar-refractivity contribution in [3.63, 3.8) is 0 Å². The minimum absolute atomic E-state index is 0.0114. The summed E-state index contributed by atoms with van der Waals surface area (Å²) in [4.78, 5) is 8.44. The molecule has 2 heterocycles. The summed E-state index contributed by atoms with van der Waals surface area (Å²) in [5.41, 5.74) is -0.531. The van der Waals surface area contributed by atoms with Crippen molar-refractivity contribution in [3.05, 3.63) is 0 Å². The normalized spacial score (nSPS) is 53.6. The maximum Gasteiger partial charge on any atom is 0.0868 e. The molecule has 0 bridgehead atoms. The van der Waals surface area contributed by atoms with Crippen LogP contribution in [0.3, 0.4) is 0 Å². The molecule has 2 unspecified atom stereocenters.